The van der Waals surface area contributed by atoms with Gasteiger partial charge >= 0.3 is 0 Å². The molecule has 1 aromatic rings. The molecule has 96 valence electrons. The van der Waals surface area contributed by atoms with Crippen molar-refractivity contribution in [3.8, 4) is 0 Å². The van der Waals surface area contributed by atoms with E-state index in [0.717, 1.165) is 10.2 Å². The molecule has 1 unspecified atom stereocenters. The molecule has 17 heavy (non-hydrogen) atoms. The Morgan fingerprint density at radius 3 is 2.41 bits per heavy atom. The third kappa shape index (κ3) is 6.15. The second-order valence-corrected chi connectivity index (χ2v) is 6.66. The van der Waals surface area contributed by atoms with Gasteiger partial charge < -0.3 is 10.4 Å². The number of pyridine rings is 1. The summed E-state index contributed by atoms with van der Waals surface area (Å²) in [5, 5.41) is 13.6. The lowest BCUT2D eigenvalue weighted by atomic mass is 9.98. The van der Waals surface area contributed by atoms with Gasteiger partial charge in [0.1, 0.15) is 0 Å². The Morgan fingerprint density at radius 1 is 1.29 bits per heavy atom. The van der Waals surface area contributed by atoms with Crippen LogP contribution in [-0.2, 0) is 6.42 Å². The lowest BCUT2D eigenvalue weighted by molar-refractivity contribution is 0.0525. The minimum Gasteiger partial charge on any atom is -0.388 e. The fraction of sp³-hybridized carbons (Fsp3) is 0.615. The highest BCUT2D eigenvalue weighted by molar-refractivity contribution is 9.10. The van der Waals surface area contributed by atoms with E-state index in [0.29, 0.717) is 13.0 Å². The van der Waals surface area contributed by atoms with Crippen LogP contribution in [0.25, 0.3) is 0 Å². The molecule has 0 aliphatic heterocycles. The molecule has 0 spiro atoms. The number of rotatable bonds is 4. The maximum absolute atomic E-state index is 10.3. The van der Waals surface area contributed by atoms with Gasteiger partial charge in [0, 0.05) is 34.9 Å². The maximum atomic E-state index is 10.3. The summed E-state index contributed by atoms with van der Waals surface area (Å²) in [5.74, 6) is 0. The van der Waals surface area contributed by atoms with Gasteiger partial charge in [0.2, 0.25) is 0 Å². The SMILES string of the molecule is CC(O)(CNC(C)(C)C)Cc1ccc(Br)cn1. The van der Waals surface area contributed by atoms with Gasteiger partial charge in [-0.2, -0.15) is 0 Å². The van der Waals surface area contributed by atoms with E-state index in [1.165, 1.54) is 0 Å². The van der Waals surface area contributed by atoms with E-state index in [1.54, 1.807) is 6.20 Å². The van der Waals surface area contributed by atoms with Crippen molar-refractivity contribution < 1.29 is 5.11 Å². The van der Waals surface area contributed by atoms with Gasteiger partial charge in [0.25, 0.3) is 0 Å². The summed E-state index contributed by atoms with van der Waals surface area (Å²) >= 11 is 3.34. The monoisotopic (exact) mass is 300 g/mol. The van der Waals surface area contributed by atoms with E-state index in [-0.39, 0.29) is 5.54 Å². The highest BCUT2D eigenvalue weighted by Gasteiger charge is 2.23. The third-order valence-electron chi connectivity index (χ3n) is 2.35. The Labute approximate surface area is 112 Å². The number of hydrogen-bond donors (Lipinski definition) is 2. The van der Waals surface area contributed by atoms with Crippen LogP contribution >= 0.6 is 15.9 Å². The standard InChI is InChI=1S/C13H21BrN2O/c1-12(2,3)16-9-13(4,17)7-11-6-5-10(14)8-15-11/h5-6,8,16-17H,7,9H2,1-4H3. The molecule has 1 rings (SSSR count). The molecule has 0 aliphatic rings. The quantitative estimate of drug-likeness (QED) is 0.898. The Kier molecular flexibility index (Phi) is 4.69. The molecule has 0 amide bonds. The first-order valence-corrected chi connectivity index (χ1v) is 6.55. The van der Waals surface area contributed by atoms with Crippen molar-refractivity contribution in [1.29, 1.82) is 0 Å². The van der Waals surface area contributed by atoms with Gasteiger partial charge in [-0.3, -0.25) is 4.98 Å². The van der Waals surface area contributed by atoms with E-state index in [1.807, 2.05) is 19.1 Å². The number of aromatic nitrogens is 1. The first kappa shape index (κ1) is 14.6. The number of hydrogen-bond acceptors (Lipinski definition) is 3. The molecule has 0 bridgehead atoms. The summed E-state index contributed by atoms with van der Waals surface area (Å²) in [6.45, 7) is 8.63. The molecule has 1 heterocycles. The van der Waals surface area contributed by atoms with Crippen LogP contribution < -0.4 is 5.32 Å². The van der Waals surface area contributed by atoms with E-state index in [9.17, 15) is 5.11 Å². The Balaban J connectivity index is 2.57. The van der Waals surface area contributed by atoms with Crippen LogP contribution in [0.1, 0.15) is 33.4 Å². The van der Waals surface area contributed by atoms with Gasteiger partial charge in [-0.05, 0) is 55.8 Å². The van der Waals surface area contributed by atoms with Crippen molar-refractivity contribution in [3.05, 3.63) is 28.5 Å². The van der Waals surface area contributed by atoms with Crippen LogP contribution in [0.15, 0.2) is 22.8 Å². The molecule has 0 saturated heterocycles. The van der Waals surface area contributed by atoms with Crippen LogP contribution in [-0.4, -0.2) is 27.8 Å². The first-order valence-electron chi connectivity index (χ1n) is 5.76. The smallest absolute Gasteiger partial charge is 0.0798 e. The van der Waals surface area contributed by atoms with Crippen LogP contribution in [0, 0.1) is 0 Å². The van der Waals surface area contributed by atoms with Crippen molar-refractivity contribution in [2.45, 2.75) is 45.3 Å². The summed E-state index contributed by atoms with van der Waals surface area (Å²) in [5.41, 5.74) is 0.125. The van der Waals surface area contributed by atoms with E-state index in [2.05, 4.69) is 47.0 Å². The molecular formula is C13H21BrN2O. The topological polar surface area (TPSA) is 45.1 Å². The maximum Gasteiger partial charge on any atom is 0.0798 e. The zero-order valence-corrected chi connectivity index (χ0v) is 12.5. The number of nitrogens with one attached hydrogen (secondary N) is 1. The fourth-order valence-corrected chi connectivity index (χ4v) is 1.65. The number of nitrogens with zero attached hydrogens (tertiary/aromatic N) is 1. The van der Waals surface area contributed by atoms with Gasteiger partial charge in [-0.25, -0.2) is 0 Å². The van der Waals surface area contributed by atoms with Gasteiger partial charge in [0.15, 0.2) is 0 Å². The summed E-state index contributed by atoms with van der Waals surface area (Å²) < 4.78 is 0.953. The largest absolute Gasteiger partial charge is 0.388 e. The molecule has 0 saturated carbocycles. The minimum atomic E-state index is -0.784. The Hall–Kier alpha value is -0.450. The average molecular weight is 301 g/mol. The van der Waals surface area contributed by atoms with Crippen molar-refractivity contribution in [2.24, 2.45) is 0 Å². The predicted molar refractivity (Wildman–Crippen MR) is 74.0 cm³/mol. The van der Waals surface area contributed by atoms with Crippen LogP contribution in [0.3, 0.4) is 0 Å². The van der Waals surface area contributed by atoms with Gasteiger partial charge in [-0.15, -0.1) is 0 Å². The molecule has 0 fully saturated rings. The molecule has 1 aromatic heterocycles. The highest BCUT2D eigenvalue weighted by Crippen LogP contribution is 2.14. The lowest BCUT2D eigenvalue weighted by Gasteiger charge is -2.29. The van der Waals surface area contributed by atoms with Crippen LogP contribution in [0.4, 0.5) is 0 Å². The van der Waals surface area contributed by atoms with Crippen molar-refractivity contribution in [1.82, 2.24) is 10.3 Å². The summed E-state index contributed by atoms with van der Waals surface area (Å²) in [6.07, 6.45) is 2.30. The molecule has 2 N–H and O–H groups in total. The molecule has 0 aromatic carbocycles. The highest BCUT2D eigenvalue weighted by atomic mass is 79.9. The first-order chi connectivity index (χ1) is 7.68. The van der Waals surface area contributed by atoms with Crippen LogP contribution in [0.5, 0.6) is 0 Å². The predicted octanol–water partition coefficient (Wildman–Crippen LogP) is 2.53. The van der Waals surface area contributed by atoms with E-state index in [4.69, 9.17) is 0 Å². The minimum absolute atomic E-state index is 0.0110. The molecule has 0 aliphatic carbocycles. The Bertz CT molecular complexity index is 355. The van der Waals surface area contributed by atoms with Crippen molar-refractivity contribution in [2.75, 3.05) is 6.54 Å². The van der Waals surface area contributed by atoms with Crippen LogP contribution in [0.2, 0.25) is 0 Å². The van der Waals surface area contributed by atoms with E-state index < -0.39 is 5.60 Å². The number of β-amino-alcohol motifs (C(OH)–C–C–N with tert-alkyl or cyclic N) is 1. The van der Waals surface area contributed by atoms with Gasteiger partial charge in [0.05, 0.1) is 5.60 Å². The molecule has 1 atom stereocenters. The second-order valence-electron chi connectivity index (χ2n) is 5.75. The van der Waals surface area contributed by atoms with Gasteiger partial charge in [-0.1, -0.05) is 0 Å². The second kappa shape index (κ2) is 5.46. The molecule has 4 heteroatoms. The summed E-state index contributed by atoms with van der Waals surface area (Å²) in [6, 6.07) is 3.87. The number of halogens is 1. The third-order valence-corrected chi connectivity index (χ3v) is 2.82. The summed E-state index contributed by atoms with van der Waals surface area (Å²) in [7, 11) is 0. The zero-order valence-electron chi connectivity index (χ0n) is 10.9. The van der Waals surface area contributed by atoms with Crippen molar-refractivity contribution >= 4 is 15.9 Å². The van der Waals surface area contributed by atoms with E-state index >= 15 is 0 Å². The Morgan fingerprint density at radius 2 is 1.94 bits per heavy atom. The fourth-order valence-electron chi connectivity index (χ4n) is 1.42. The number of aliphatic hydroxyl groups is 1. The summed E-state index contributed by atoms with van der Waals surface area (Å²) in [4.78, 5) is 4.27. The average Bonchev–Trinajstić information content (AvgIpc) is 2.18. The van der Waals surface area contributed by atoms with Crippen molar-refractivity contribution in [3.63, 3.8) is 0 Å². The lowest BCUT2D eigenvalue weighted by Crippen LogP contribution is -2.47. The molecular weight excluding hydrogens is 280 g/mol. The molecule has 3 nitrogen and oxygen atoms in total. The molecule has 0 radical (unpaired) electrons. The normalized spacial score (nSPS) is 15.6. The zero-order chi connectivity index (χ0) is 13.1.